The van der Waals surface area contributed by atoms with Gasteiger partial charge in [-0.15, -0.1) is 0 Å². The molecule has 0 saturated carbocycles. The lowest BCUT2D eigenvalue weighted by Crippen LogP contribution is -2.17. The quantitative estimate of drug-likeness (QED) is 0.678. The topological polar surface area (TPSA) is 46.9 Å². The molecule has 122 valence electrons. The molecule has 1 N–H and O–H groups in total. The van der Waals surface area contributed by atoms with E-state index in [0.29, 0.717) is 12.4 Å². The van der Waals surface area contributed by atoms with Crippen LogP contribution in [0.2, 0.25) is 5.02 Å². The van der Waals surface area contributed by atoms with Gasteiger partial charge < -0.3 is 5.32 Å². The zero-order valence-corrected chi connectivity index (χ0v) is 14.7. The van der Waals surface area contributed by atoms with E-state index in [1.807, 2.05) is 24.3 Å². The second-order valence-corrected chi connectivity index (χ2v) is 6.43. The molecule has 0 aliphatic heterocycles. The molecule has 0 spiro atoms. The smallest absolute Gasteiger partial charge is 0.259 e. The normalized spacial score (nSPS) is 10.6. The molecule has 1 amide bonds. The summed E-state index contributed by atoms with van der Waals surface area (Å²) in [4.78, 5) is 12.3. The Bertz CT molecular complexity index is 897. The largest absolute Gasteiger partial charge is 0.307 e. The van der Waals surface area contributed by atoms with Gasteiger partial charge in [-0.25, -0.2) is 9.07 Å². The number of anilines is 1. The first-order valence-corrected chi connectivity index (χ1v) is 8.23. The predicted molar refractivity (Wildman–Crippen MR) is 94.8 cm³/mol. The zero-order valence-electron chi connectivity index (χ0n) is 12.3. The average molecular weight is 409 g/mol. The molecule has 4 nitrogen and oxygen atoms in total. The van der Waals surface area contributed by atoms with Crippen molar-refractivity contribution >= 4 is 39.3 Å². The summed E-state index contributed by atoms with van der Waals surface area (Å²) in [6, 6.07) is 13.4. The monoisotopic (exact) mass is 407 g/mol. The van der Waals surface area contributed by atoms with Crippen molar-refractivity contribution in [3.8, 4) is 0 Å². The molecule has 0 aliphatic carbocycles. The van der Waals surface area contributed by atoms with Crippen LogP contribution in [0.15, 0.2) is 59.2 Å². The minimum atomic E-state index is -0.668. The molecule has 0 saturated heterocycles. The first kappa shape index (κ1) is 16.7. The van der Waals surface area contributed by atoms with Crippen molar-refractivity contribution in [2.75, 3.05) is 5.32 Å². The van der Waals surface area contributed by atoms with Crippen molar-refractivity contribution in [2.45, 2.75) is 6.54 Å². The Hall–Kier alpha value is -2.18. The van der Waals surface area contributed by atoms with E-state index in [0.717, 1.165) is 16.1 Å². The zero-order chi connectivity index (χ0) is 17.1. The average Bonchev–Trinajstić information content (AvgIpc) is 2.94. The highest BCUT2D eigenvalue weighted by Gasteiger charge is 2.14. The third-order valence-electron chi connectivity index (χ3n) is 3.36. The summed E-state index contributed by atoms with van der Waals surface area (Å²) in [6.45, 7) is 0.477. The molecule has 0 atom stereocenters. The number of benzene rings is 2. The molecule has 3 rings (SSSR count). The number of halogens is 3. The Morgan fingerprint density at radius 2 is 2.08 bits per heavy atom. The number of rotatable bonds is 4. The first-order chi connectivity index (χ1) is 11.5. The highest BCUT2D eigenvalue weighted by molar-refractivity contribution is 9.10. The molecule has 3 aromatic rings. The van der Waals surface area contributed by atoms with Crippen LogP contribution in [-0.4, -0.2) is 15.7 Å². The van der Waals surface area contributed by atoms with E-state index in [4.69, 9.17) is 11.6 Å². The third kappa shape index (κ3) is 3.83. The Morgan fingerprint density at radius 3 is 2.83 bits per heavy atom. The molecule has 0 fully saturated rings. The van der Waals surface area contributed by atoms with E-state index in [1.165, 1.54) is 12.1 Å². The van der Waals surface area contributed by atoms with Gasteiger partial charge in [-0.2, -0.15) is 5.10 Å². The van der Waals surface area contributed by atoms with Gasteiger partial charge in [-0.3, -0.25) is 4.79 Å². The SMILES string of the molecule is O=C(Nc1ccnn1Cc1cccc(Br)c1)c1ccc(Cl)cc1F. The fourth-order valence-corrected chi connectivity index (χ4v) is 2.84. The number of nitrogens with zero attached hydrogens (tertiary/aromatic N) is 2. The number of carbonyl (C=O) groups excluding carboxylic acids is 1. The van der Waals surface area contributed by atoms with Crippen molar-refractivity contribution in [1.29, 1.82) is 0 Å². The Morgan fingerprint density at radius 1 is 1.25 bits per heavy atom. The number of carbonyl (C=O) groups is 1. The van der Waals surface area contributed by atoms with Gasteiger partial charge in [0.1, 0.15) is 11.6 Å². The van der Waals surface area contributed by atoms with Crippen LogP contribution in [0.4, 0.5) is 10.2 Å². The number of aromatic nitrogens is 2. The van der Waals surface area contributed by atoms with E-state index in [9.17, 15) is 9.18 Å². The fraction of sp³-hybridized carbons (Fsp3) is 0.0588. The van der Waals surface area contributed by atoms with Crippen molar-refractivity contribution in [3.63, 3.8) is 0 Å². The van der Waals surface area contributed by atoms with Crippen molar-refractivity contribution in [2.24, 2.45) is 0 Å². The maximum absolute atomic E-state index is 13.8. The van der Waals surface area contributed by atoms with Crippen LogP contribution in [0.5, 0.6) is 0 Å². The summed E-state index contributed by atoms with van der Waals surface area (Å²) in [6.07, 6.45) is 1.58. The summed E-state index contributed by atoms with van der Waals surface area (Å²) >= 11 is 9.12. The number of nitrogens with one attached hydrogen (secondary N) is 1. The lowest BCUT2D eigenvalue weighted by atomic mass is 10.2. The highest BCUT2D eigenvalue weighted by Crippen LogP contribution is 2.18. The molecule has 1 aromatic heterocycles. The molecular formula is C17H12BrClFN3O. The molecule has 2 aromatic carbocycles. The Labute approximate surface area is 151 Å². The van der Waals surface area contributed by atoms with Crippen molar-refractivity contribution in [1.82, 2.24) is 9.78 Å². The third-order valence-corrected chi connectivity index (χ3v) is 4.08. The molecule has 1 heterocycles. The van der Waals surface area contributed by atoms with Gasteiger partial charge in [0.2, 0.25) is 0 Å². The van der Waals surface area contributed by atoms with Gasteiger partial charge in [0, 0.05) is 15.6 Å². The van der Waals surface area contributed by atoms with Crippen LogP contribution in [0.1, 0.15) is 15.9 Å². The summed E-state index contributed by atoms with van der Waals surface area (Å²) in [5.74, 6) is -0.743. The first-order valence-electron chi connectivity index (χ1n) is 7.05. The van der Waals surface area contributed by atoms with Gasteiger partial charge in [-0.05, 0) is 35.9 Å². The molecule has 0 unspecified atom stereocenters. The van der Waals surface area contributed by atoms with Crippen LogP contribution in [0, 0.1) is 5.82 Å². The van der Waals surface area contributed by atoms with Gasteiger partial charge >= 0.3 is 0 Å². The molecule has 7 heteroatoms. The second kappa shape index (κ2) is 7.15. The minimum Gasteiger partial charge on any atom is -0.307 e. The number of amides is 1. The van der Waals surface area contributed by atoms with E-state index >= 15 is 0 Å². The second-order valence-electron chi connectivity index (χ2n) is 5.08. The van der Waals surface area contributed by atoms with Crippen LogP contribution in [0.3, 0.4) is 0 Å². The Kier molecular flexibility index (Phi) is 4.97. The lowest BCUT2D eigenvalue weighted by molar-refractivity contribution is 0.102. The van der Waals surface area contributed by atoms with E-state index in [1.54, 1.807) is 16.9 Å². The van der Waals surface area contributed by atoms with Crippen LogP contribution >= 0.6 is 27.5 Å². The van der Waals surface area contributed by atoms with Crippen LogP contribution < -0.4 is 5.32 Å². The van der Waals surface area contributed by atoms with Gasteiger partial charge in [0.15, 0.2) is 0 Å². The minimum absolute atomic E-state index is 0.0744. The van der Waals surface area contributed by atoms with Crippen molar-refractivity contribution in [3.05, 3.63) is 81.2 Å². The maximum Gasteiger partial charge on any atom is 0.259 e. The van der Waals surface area contributed by atoms with E-state index < -0.39 is 11.7 Å². The molecular weight excluding hydrogens is 397 g/mol. The molecule has 0 aliphatic rings. The lowest BCUT2D eigenvalue weighted by Gasteiger charge is -2.10. The predicted octanol–water partition coefficient (Wildman–Crippen LogP) is 4.74. The van der Waals surface area contributed by atoms with Gasteiger partial charge in [0.25, 0.3) is 5.91 Å². The molecule has 24 heavy (non-hydrogen) atoms. The van der Waals surface area contributed by atoms with Gasteiger partial charge in [0.05, 0.1) is 18.3 Å². The van der Waals surface area contributed by atoms with Crippen molar-refractivity contribution < 1.29 is 9.18 Å². The summed E-state index contributed by atoms with van der Waals surface area (Å²) < 4.78 is 16.4. The molecule has 0 radical (unpaired) electrons. The maximum atomic E-state index is 13.8. The standard InChI is InChI=1S/C17H12BrClFN3O/c18-12-3-1-2-11(8-12)10-23-16(6-7-21-23)22-17(24)14-5-4-13(19)9-15(14)20/h1-9H,10H2,(H,22,24). The Balaban J connectivity index is 1.79. The highest BCUT2D eigenvalue weighted by atomic mass is 79.9. The van der Waals surface area contributed by atoms with E-state index in [-0.39, 0.29) is 10.6 Å². The summed E-state index contributed by atoms with van der Waals surface area (Å²) in [5, 5.41) is 7.10. The van der Waals surface area contributed by atoms with Crippen LogP contribution in [-0.2, 0) is 6.54 Å². The van der Waals surface area contributed by atoms with E-state index in [2.05, 4.69) is 26.3 Å². The summed E-state index contributed by atoms with van der Waals surface area (Å²) in [7, 11) is 0. The van der Waals surface area contributed by atoms with Crippen LogP contribution in [0.25, 0.3) is 0 Å². The number of hydrogen-bond acceptors (Lipinski definition) is 2. The number of hydrogen-bond donors (Lipinski definition) is 1. The molecule has 0 bridgehead atoms. The fourth-order valence-electron chi connectivity index (χ4n) is 2.23. The van der Waals surface area contributed by atoms with Gasteiger partial charge in [-0.1, -0.05) is 39.7 Å². The summed E-state index contributed by atoms with van der Waals surface area (Å²) in [5.41, 5.74) is 0.941.